The number of para-hydroxylation sites is 1. The second kappa shape index (κ2) is 7.83. The van der Waals surface area contributed by atoms with Gasteiger partial charge in [0.25, 0.3) is 0 Å². The fourth-order valence-corrected chi connectivity index (χ4v) is 3.54. The zero-order chi connectivity index (χ0) is 20.3. The van der Waals surface area contributed by atoms with Crippen molar-refractivity contribution in [1.82, 2.24) is 19.8 Å². The van der Waals surface area contributed by atoms with Crippen molar-refractivity contribution >= 4 is 22.4 Å². The van der Waals surface area contributed by atoms with E-state index in [1.165, 1.54) is 0 Å². The fourth-order valence-electron chi connectivity index (χ4n) is 3.54. The fraction of sp³-hybridized carbons (Fsp3) is 0.125. The lowest BCUT2D eigenvalue weighted by Crippen LogP contribution is -2.05. The summed E-state index contributed by atoms with van der Waals surface area (Å²) in [6.45, 7) is 3.30. The average Bonchev–Trinajstić information content (AvgIpc) is 3.23. The van der Waals surface area contributed by atoms with E-state index in [1.807, 2.05) is 73.7 Å². The molecule has 0 atom stereocenters. The van der Waals surface area contributed by atoms with E-state index >= 15 is 0 Å². The van der Waals surface area contributed by atoms with E-state index in [1.54, 1.807) is 4.52 Å². The van der Waals surface area contributed by atoms with Crippen LogP contribution in [0.4, 0.5) is 5.82 Å². The number of fused-ring (bicyclic) bond motifs is 3. The number of nitrogens with one attached hydrogen (secondary N) is 1. The van der Waals surface area contributed by atoms with Gasteiger partial charge in [0.05, 0.1) is 12.1 Å². The van der Waals surface area contributed by atoms with Crippen LogP contribution in [0, 0.1) is 0 Å². The molecule has 0 amide bonds. The molecule has 3 aromatic carbocycles. The summed E-state index contributed by atoms with van der Waals surface area (Å²) in [6.07, 6.45) is 0. The van der Waals surface area contributed by atoms with Gasteiger partial charge in [0.1, 0.15) is 17.3 Å². The maximum Gasteiger partial charge on any atom is 0.186 e. The standard InChI is InChI=1S/C24H21N5O/c1-2-30-19-14-12-17(13-15-19)16-25-23-20-10-6-7-11-21(20)29-24(26-23)22(27-28-29)18-8-4-3-5-9-18/h3-15H,2,16H2,1H3,(H,25,26). The second-order valence-corrected chi connectivity index (χ2v) is 6.95. The lowest BCUT2D eigenvalue weighted by Gasteiger charge is -2.11. The van der Waals surface area contributed by atoms with Crippen molar-refractivity contribution in [2.45, 2.75) is 13.5 Å². The number of nitrogens with zero attached hydrogens (tertiary/aromatic N) is 4. The summed E-state index contributed by atoms with van der Waals surface area (Å²) in [5, 5.41) is 13.3. The van der Waals surface area contributed by atoms with Gasteiger partial charge in [-0.25, -0.2) is 4.98 Å². The predicted octanol–water partition coefficient (Wildman–Crippen LogP) is 4.96. The van der Waals surface area contributed by atoms with Crippen LogP contribution < -0.4 is 10.1 Å². The molecular weight excluding hydrogens is 374 g/mol. The Balaban J connectivity index is 1.54. The average molecular weight is 395 g/mol. The van der Waals surface area contributed by atoms with Gasteiger partial charge in [0.2, 0.25) is 0 Å². The minimum absolute atomic E-state index is 0.655. The van der Waals surface area contributed by atoms with Crippen LogP contribution in [-0.4, -0.2) is 26.4 Å². The molecule has 0 fully saturated rings. The highest BCUT2D eigenvalue weighted by Crippen LogP contribution is 2.28. The quantitative estimate of drug-likeness (QED) is 0.440. The first kappa shape index (κ1) is 18.1. The highest BCUT2D eigenvalue weighted by Gasteiger charge is 2.15. The number of benzene rings is 3. The summed E-state index contributed by atoms with van der Waals surface area (Å²) in [5.41, 5.74) is 4.61. The third kappa shape index (κ3) is 3.33. The van der Waals surface area contributed by atoms with Crippen LogP contribution in [0.1, 0.15) is 12.5 Å². The molecule has 0 aliphatic carbocycles. The van der Waals surface area contributed by atoms with Crippen molar-refractivity contribution in [1.29, 1.82) is 0 Å². The SMILES string of the molecule is CCOc1ccc(CNc2nc3c(-c4ccccc4)nnn3c3ccccc23)cc1. The van der Waals surface area contributed by atoms with E-state index in [9.17, 15) is 0 Å². The van der Waals surface area contributed by atoms with Crippen molar-refractivity contribution in [3.63, 3.8) is 0 Å². The molecule has 6 heteroatoms. The summed E-state index contributed by atoms with van der Waals surface area (Å²) in [7, 11) is 0. The van der Waals surface area contributed by atoms with Crippen molar-refractivity contribution < 1.29 is 4.74 Å². The van der Waals surface area contributed by atoms with Crippen molar-refractivity contribution in [2.75, 3.05) is 11.9 Å². The van der Waals surface area contributed by atoms with Gasteiger partial charge < -0.3 is 10.1 Å². The normalized spacial score (nSPS) is 11.1. The van der Waals surface area contributed by atoms with Crippen LogP contribution in [0.2, 0.25) is 0 Å². The maximum absolute atomic E-state index is 5.53. The summed E-state index contributed by atoms with van der Waals surface area (Å²) in [6, 6.07) is 26.2. The molecule has 148 valence electrons. The zero-order valence-corrected chi connectivity index (χ0v) is 16.6. The lowest BCUT2D eigenvalue weighted by molar-refractivity contribution is 0.340. The molecule has 0 aliphatic heterocycles. The number of anilines is 1. The maximum atomic E-state index is 5.53. The molecule has 2 heterocycles. The molecular formula is C24H21N5O. The minimum atomic E-state index is 0.655. The molecule has 0 saturated carbocycles. The van der Waals surface area contributed by atoms with E-state index in [4.69, 9.17) is 9.72 Å². The summed E-state index contributed by atoms with van der Waals surface area (Å²) >= 11 is 0. The van der Waals surface area contributed by atoms with E-state index in [0.29, 0.717) is 13.2 Å². The van der Waals surface area contributed by atoms with E-state index in [2.05, 4.69) is 27.8 Å². The third-order valence-corrected chi connectivity index (χ3v) is 4.99. The first-order valence-electron chi connectivity index (χ1n) is 9.98. The van der Waals surface area contributed by atoms with Gasteiger partial charge in [-0.2, -0.15) is 4.52 Å². The molecule has 2 aromatic heterocycles. The van der Waals surface area contributed by atoms with Gasteiger partial charge >= 0.3 is 0 Å². The Bertz CT molecular complexity index is 1300. The second-order valence-electron chi connectivity index (χ2n) is 6.95. The Morgan fingerprint density at radius 2 is 1.67 bits per heavy atom. The molecule has 0 bridgehead atoms. The summed E-state index contributed by atoms with van der Waals surface area (Å²) < 4.78 is 7.33. The number of hydrogen-bond donors (Lipinski definition) is 1. The van der Waals surface area contributed by atoms with Gasteiger partial charge in [-0.3, -0.25) is 0 Å². The van der Waals surface area contributed by atoms with Crippen LogP contribution in [0.3, 0.4) is 0 Å². The van der Waals surface area contributed by atoms with Crippen LogP contribution in [-0.2, 0) is 6.54 Å². The Morgan fingerprint density at radius 1 is 0.900 bits per heavy atom. The number of aromatic nitrogens is 4. The Morgan fingerprint density at radius 3 is 2.47 bits per heavy atom. The molecule has 0 radical (unpaired) electrons. The minimum Gasteiger partial charge on any atom is -0.494 e. The monoisotopic (exact) mass is 395 g/mol. The van der Waals surface area contributed by atoms with E-state index in [-0.39, 0.29) is 0 Å². The topological polar surface area (TPSA) is 64.3 Å². The Kier molecular flexibility index (Phi) is 4.73. The molecule has 0 spiro atoms. The van der Waals surface area contributed by atoms with Crippen LogP contribution in [0.5, 0.6) is 5.75 Å². The zero-order valence-electron chi connectivity index (χ0n) is 16.6. The third-order valence-electron chi connectivity index (χ3n) is 4.99. The summed E-state index contributed by atoms with van der Waals surface area (Å²) in [4.78, 5) is 4.90. The van der Waals surface area contributed by atoms with Gasteiger partial charge in [-0.05, 0) is 36.8 Å². The molecule has 6 nitrogen and oxygen atoms in total. The lowest BCUT2D eigenvalue weighted by atomic mass is 10.1. The number of ether oxygens (including phenoxy) is 1. The number of hydrogen-bond acceptors (Lipinski definition) is 5. The number of rotatable bonds is 6. The van der Waals surface area contributed by atoms with Gasteiger partial charge in [-0.1, -0.05) is 59.8 Å². The van der Waals surface area contributed by atoms with Crippen LogP contribution in [0.25, 0.3) is 27.8 Å². The Labute approximate surface area is 174 Å². The first-order valence-corrected chi connectivity index (χ1v) is 9.98. The molecule has 30 heavy (non-hydrogen) atoms. The molecule has 0 aliphatic rings. The first-order chi connectivity index (χ1) is 14.8. The Hall–Kier alpha value is -3.93. The highest BCUT2D eigenvalue weighted by molar-refractivity contribution is 5.93. The largest absolute Gasteiger partial charge is 0.494 e. The summed E-state index contributed by atoms with van der Waals surface area (Å²) in [5.74, 6) is 1.69. The van der Waals surface area contributed by atoms with E-state index in [0.717, 1.165) is 44.9 Å². The highest BCUT2D eigenvalue weighted by atomic mass is 16.5. The molecule has 0 saturated heterocycles. The van der Waals surface area contributed by atoms with E-state index < -0.39 is 0 Å². The van der Waals surface area contributed by atoms with Crippen molar-refractivity contribution in [3.8, 4) is 17.0 Å². The molecule has 5 rings (SSSR count). The van der Waals surface area contributed by atoms with Crippen molar-refractivity contribution in [2.24, 2.45) is 0 Å². The van der Waals surface area contributed by atoms with Crippen molar-refractivity contribution in [3.05, 3.63) is 84.4 Å². The van der Waals surface area contributed by atoms with Crippen LogP contribution in [0.15, 0.2) is 78.9 Å². The van der Waals surface area contributed by atoms with Gasteiger partial charge in [-0.15, -0.1) is 5.10 Å². The molecule has 1 N–H and O–H groups in total. The smallest absolute Gasteiger partial charge is 0.186 e. The van der Waals surface area contributed by atoms with Crippen LogP contribution >= 0.6 is 0 Å². The molecule has 0 unspecified atom stereocenters. The predicted molar refractivity (Wildman–Crippen MR) is 119 cm³/mol. The van der Waals surface area contributed by atoms with Gasteiger partial charge in [0.15, 0.2) is 5.65 Å². The molecule has 5 aromatic rings. The van der Waals surface area contributed by atoms with Gasteiger partial charge in [0, 0.05) is 17.5 Å².